The van der Waals surface area contributed by atoms with E-state index in [9.17, 15) is 0 Å². The molecule has 3 N–H and O–H groups in total. The zero-order valence-electron chi connectivity index (χ0n) is 16.5. The van der Waals surface area contributed by atoms with Crippen LogP contribution >= 0.6 is 24.0 Å². The summed E-state index contributed by atoms with van der Waals surface area (Å²) in [6.45, 7) is 10.4. The molecule has 0 radical (unpaired) electrons. The highest BCUT2D eigenvalue weighted by Crippen LogP contribution is 2.21. The molecule has 0 fully saturated rings. The van der Waals surface area contributed by atoms with E-state index in [4.69, 9.17) is 15.2 Å². The molecule has 0 spiro atoms. The Morgan fingerprint density at radius 2 is 1.70 bits per heavy atom. The molecule has 6 heteroatoms. The Morgan fingerprint density at radius 3 is 2.37 bits per heavy atom. The minimum Gasteiger partial charge on any atom is -0.491 e. The summed E-state index contributed by atoms with van der Waals surface area (Å²) in [5.41, 5.74) is 11.5. The van der Waals surface area contributed by atoms with E-state index in [2.05, 4.69) is 30.2 Å². The number of halogens is 1. The van der Waals surface area contributed by atoms with E-state index in [1.54, 1.807) is 0 Å². The molecule has 0 atom stereocenters. The van der Waals surface area contributed by atoms with Gasteiger partial charge in [-0.1, -0.05) is 18.2 Å². The minimum atomic E-state index is 0. The van der Waals surface area contributed by atoms with Gasteiger partial charge in [0.15, 0.2) is 5.96 Å². The van der Waals surface area contributed by atoms with Crippen molar-refractivity contribution in [2.45, 2.75) is 34.2 Å². The van der Waals surface area contributed by atoms with Crippen LogP contribution in [0.2, 0.25) is 0 Å². The number of nitrogens with two attached hydrogens (primary N) is 1. The normalized spacial score (nSPS) is 11.0. The third kappa shape index (κ3) is 8.17. The van der Waals surface area contributed by atoms with E-state index in [-0.39, 0.29) is 24.0 Å². The number of guanidine groups is 1. The molecule has 2 aromatic carbocycles. The molecule has 0 aliphatic rings. The summed E-state index contributed by atoms with van der Waals surface area (Å²) in [4.78, 5) is 4.46. The van der Waals surface area contributed by atoms with Gasteiger partial charge in [-0.05, 0) is 62.6 Å². The van der Waals surface area contributed by atoms with Crippen LogP contribution in [0.1, 0.15) is 29.2 Å². The van der Waals surface area contributed by atoms with Crippen LogP contribution in [0, 0.1) is 20.8 Å². The molecule has 5 nitrogen and oxygen atoms in total. The van der Waals surface area contributed by atoms with Gasteiger partial charge in [0.2, 0.25) is 0 Å². The quantitative estimate of drug-likeness (QED) is 0.250. The van der Waals surface area contributed by atoms with Gasteiger partial charge in [0.05, 0.1) is 13.2 Å². The number of hydrogen-bond acceptors (Lipinski definition) is 3. The van der Waals surface area contributed by atoms with Crippen LogP contribution in [0.3, 0.4) is 0 Å². The van der Waals surface area contributed by atoms with Crippen molar-refractivity contribution in [3.8, 4) is 5.75 Å². The van der Waals surface area contributed by atoms with Crippen molar-refractivity contribution in [3.05, 3.63) is 58.7 Å². The van der Waals surface area contributed by atoms with E-state index in [0.29, 0.717) is 32.3 Å². The molecule has 0 saturated heterocycles. The average molecular weight is 483 g/mol. The molecule has 0 bridgehead atoms. The summed E-state index contributed by atoms with van der Waals surface area (Å²) in [5, 5.41) is 3.15. The molecule has 2 aromatic rings. The molecule has 148 valence electrons. The van der Waals surface area contributed by atoms with Crippen LogP contribution in [0.25, 0.3) is 0 Å². The number of aryl methyl sites for hydroxylation is 3. The van der Waals surface area contributed by atoms with Crippen LogP contribution in [0.15, 0.2) is 41.4 Å². The summed E-state index contributed by atoms with van der Waals surface area (Å²) in [6, 6.07) is 12.3. The molecule has 2 rings (SSSR count). The molecule has 27 heavy (non-hydrogen) atoms. The Kier molecular flexibility index (Phi) is 10.2. The number of aliphatic imine (C=N–C) groups is 1. The Bertz CT molecular complexity index is 743. The Morgan fingerprint density at radius 1 is 1.00 bits per heavy atom. The predicted molar refractivity (Wildman–Crippen MR) is 123 cm³/mol. The highest BCUT2D eigenvalue weighted by atomic mass is 127. The fourth-order valence-corrected chi connectivity index (χ4v) is 2.69. The van der Waals surface area contributed by atoms with Gasteiger partial charge in [-0.15, -0.1) is 24.0 Å². The average Bonchev–Trinajstić information content (AvgIpc) is 2.57. The molecule has 0 aliphatic carbocycles. The first-order valence-electron chi connectivity index (χ1n) is 8.93. The van der Waals surface area contributed by atoms with Gasteiger partial charge in [-0.2, -0.15) is 0 Å². The molecule has 0 heterocycles. The SMILES string of the molecule is CCOCCOc1cc(C)ccc1CN=C(N)Nc1cc(C)cc(C)c1.I. The Labute approximate surface area is 179 Å². The monoisotopic (exact) mass is 483 g/mol. The van der Waals surface area contributed by atoms with Crippen molar-refractivity contribution in [2.75, 3.05) is 25.1 Å². The lowest BCUT2D eigenvalue weighted by Crippen LogP contribution is -2.22. The lowest BCUT2D eigenvalue weighted by molar-refractivity contribution is 0.110. The van der Waals surface area contributed by atoms with Gasteiger partial charge in [-0.3, -0.25) is 0 Å². The standard InChI is InChI=1S/C21H29N3O2.HI/c1-5-25-8-9-26-20-13-15(2)6-7-18(20)14-23-21(22)24-19-11-16(3)10-17(4)12-19;/h6-7,10-13H,5,8-9,14H2,1-4H3,(H3,22,23,24);1H. The van der Waals surface area contributed by atoms with Crippen molar-refractivity contribution in [1.29, 1.82) is 0 Å². The third-order valence-corrected chi connectivity index (χ3v) is 3.83. The van der Waals surface area contributed by atoms with Gasteiger partial charge in [-0.25, -0.2) is 4.99 Å². The predicted octanol–water partition coefficient (Wildman–Crippen LogP) is 4.57. The van der Waals surface area contributed by atoms with Crippen LogP contribution in [0.4, 0.5) is 5.69 Å². The van der Waals surface area contributed by atoms with E-state index < -0.39 is 0 Å². The fraction of sp³-hybridized carbons (Fsp3) is 0.381. The highest BCUT2D eigenvalue weighted by Gasteiger charge is 2.05. The lowest BCUT2D eigenvalue weighted by Gasteiger charge is -2.12. The minimum absolute atomic E-state index is 0. The van der Waals surface area contributed by atoms with Crippen molar-refractivity contribution < 1.29 is 9.47 Å². The topological polar surface area (TPSA) is 68.9 Å². The van der Waals surface area contributed by atoms with Crippen LogP contribution in [-0.2, 0) is 11.3 Å². The highest BCUT2D eigenvalue weighted by molar-refractivity contribution is 14.0. The summed E-state index contributed by atoms with van der Waals surface area (Å²) < 4.78 is 11.2. The lowest BCUT2D eigenvalue weighted by atomic mass is 10.1. The van der Waals surface area contributed by atoms with Crippen LogP contribution in [-0.4, -0.2) is 25.8 Å². The van der Waals surface area contributed by atoms with Crippen LogP contribution in [0.5, 0.6) is 5.75 Å². The maximum Gasteiger partial charge on any atom is 0.193 e. The van der Waals surface area contributed by atoms with Crippen molar-refractivity contribution in [2.24, 2.45) is 10.7 Å². The summed E-state index contributed by atoms with van der Waals surface area (Å²) in [5.74, 6) is 1.21. The van der Waals surface area contributed by atoms with Gasteiger partial charge in [0.1, 0.15) is 12.4 Å². The fourth-order valence-electron chi connectivity index (χ4n) is 2.69. The van der Waals surface area contributed by atoms with Gasteiger partial charge < -0.3 is 20.5 Å². The van der Waals surface area contributed by atoms with E-state index >= 15 is 0 Å². The van der Waals surface area contributed by atoms with Crippen LogP contribution < -0.4 is 15.8 Å². The largest absolute Gasteiger partial charge is 0.491 e. The van der Waals surface area contributed by atoms with Gasteiger partial charge in [0.25, 0.3) is 0 Å². The smallest absolute Gasteiger partial charge is 0.193 e. The first-order chi connectivity index (χ1) is 12.5. The zero-order valence-corrected chi connectivity index (χ0v) is 18.9. The number of ether oxygens (including phenoxy) is 2. The molecular formula is C21H30IN3O2. The number of rotatable bonds is 8. The van der Waals surface area contributed by atoms with E-state index in [1.165, 1.54) is 11.1 Å². The molecule has 0 amide bonds. The number of hydrogen-bond donors (Lipinski definition) is 2. The van der Waals surface area contributed by atoms with Crippen molar-refractivity contribution >= 4 is 35.6 Å². The van der Waals surface area contributed by atoms with Gasteiger partial charge in [0, 0.05) is 17.9 Å². The molecule has 0 aromatic heterocycles. The van der Waals surface area contributed by atoms with E-state index in [1.807, 2.05) is 44.2 Å². The first-order valence-corrected chi connectivity index (χ1v) is 8.93. The summed E-state index contributed by atoms with van der Waals surface area (Å²) >= 11 is 0. The number of anilines is 1. The Hall–Kier alpha value is -1.80. The second kappa shape index (κ2) is 11.8. The molecule has 0 aliphatic heterocycles. The van der Waals surface area contributed by atoms with Gasteiger partial charge >= 0.3 is 0 Å². The maximum atomic E-state index is 6.05. The molecule has 0 unspecified atom stereocenters. The van der Waals surface area contributed by atoms with Crippen molar-refractivity contribution in [3.63, 3.8) is 0 Å². The Balaban J connectivity index is 0.00000364. The number of nitrogens with one attached hydrogen (secondary N) is 1. The molecule has 0 saturated carbocycles. The number of nitrogens with zero attached hydrogens (tertiary/aromatic N) is 1. The molecular weight excluding hydrogens is 453 g/mol. The first kappa shape index (κ1) is 23.2. The van der Waals surface area contributed by atoms with Crippen molar-refractivity contribution in [1.82, 2.24) is 0 Å². The number of benzene rings is 2. The second-order valence-corrected chi connectivity index (χ2v) is 6.36. The van der Waals surface area contributed by atoms with E-state index in [0.717, 1.165) is 22.6 Å². The maximum absolute atomic E-state index is 6.05. The second-order valence-electron chi connectivity index (χ2n) is 6.36. The zero-order chi connectivity index (χ0) is 18.9. The summed E-state index contributed by atoms with van der Waals surface area (Å²) in [7, 11) is 0. The third-order valence-electron chi connectivity index (χ3n) is 3.83. The summed E-state index contributed by atoms with van der Waals surface area (Å²) in [6.07, 6.45) is 0.